The van der Waals surface area contributed by atoms with Gasteiger partial charge in [-0.1, -0.05) is 36.4 Å². The topological polar surface area (TPSA) is 59.9 Å². The first-order chi connectivity index (χ1) is 22.5. The van der Waals surface area contributed by atoms with Gasteiger partial charge in [0.2, 0.25) is 0 Å². The molecule has 0 spiro atoms. The van der Waals surface area contributed by atoms with Crippen molar-refractivity contribution in [3.63, 3.8) is 0 Å². The average molecular weight is 661 g/mol. The highest BCUT2D eigenvalue weighted by Crippen LogP contribution is 2.35. The minimum atomic E-state index is -4.07. The molecule has 0 amide bonds. The van der Waals surface area contributed by atoms with Gasteiger partial charge in [-0.2, -0.15) is 0 Å². The molecule has 6 aromatic rings. The van der Waals surface area contributed by atoms with Gasteiger partial charge in [0.05, 0.1) is 11.5 Å². The number of benzene rings is 4. The van der Waals surface area contributed by atoms with Gasteiger partial charge in [-0.25, -0.2) is 34.8 Å². The number of pyridine rings is 2. The van der Waals surface area contributed by atoms with Crippen LogP contribution < -0.4 is 0 Å². The minimum absolute atomic E-state index is 0.143. The predicted octanol–water partition coefficient (Wildman–Crippen LogP) is 9.09. The van der Waals surface area contributed by atoms with Crippen molar-refractivity contribution in [2.75, 3.05) is 0 Å². The normalized spacial score (nSPS) is 11.5. The van der Waals surface area contributed by atoms with Gasteiger partial charge in [0, 0.05) is 47.0 Å². The maximum atomic E-state index is 15.3. The summed E-state index contributed by atoms with van der Waals surface area (Å²) in [5, 5.41) is 0. The van der Waals surface area contributed by atoms with Crippen LogP contribution >= 0.6 is 0 Å². The van der Waals surface area contributed by atoms with Crippen LogP contribution in [0.1, 0.15) is 11.1 Å². The second-order valence-electron chi connectivity index (χ2n) is 10.7. The quantitative estimate of drug-likeness (QED) is 0.153. The van der Waals surface area contributed by atoms with Gasteiger partial charge in [-0.3, -0.25) is 9.97 Å². The highest BCUT2D eigenvalue weighted by atomic mass is 32.2. The summed E-state index contributed by atoms with van der Waals surface area (Å²) < 4.78 is 112. The number of hydrogen-bond donors (Lipinski definition) is 0. The van der Waals surface area contributed by atoms with E-state index in [2.05, 4.69) is 9.97 Å². The first-order valence-electron chi connectivity index (χ1n) is 14.1. The standard InChI is InChI=1S/C36H22F6N2O2S/c37-31-7-5-21(15-35(31)41)27-9-11-43-17-29(27)23-1-3-25(33(39)13-23)19-47(45,46)20-26-4-2-24(14-34(26)40)30-18-44-12-10-28(30)22-6-8-32(38)36(42)16-22/h1-18H,19-20H2. The summed E-state index contributed by atoms with van der Waals surface area (Å²) in [4.78, 5) is 8.10. The fourth-order valence-electron chi connectivity index (χ4n) is 5.27. The Kier molecular flexibility index (Phi) is 8.65. The molecule has 0 aliphatic rings. The molecule has 2 heterocycles. The van der Waals surface area contributed by atoms with Crippen LogP contribution in [0.2, 0.25) is 0 Å². The highest BCUT2D eigenvalue weighted by Gasteiger charge is 2.20. The van der Waals surface area contributed by atoms with Crippen molar-refractivity contribution in [2.24, 2.45) is 0 Å². The Morgan fingerprint density at radius 1 is 0.426 bits per heavy atom. The van der Waals surface area contributed by atoms with Gasteiger partial charge in [0.15, 0.2) is 33.1 Å². The first-order valence-corrected chi connectivity index (χ1v) is 15.9. The third kappa shape index (κ3) is 6.80. The Morgan fingerprint density at radius 2 is 0.787 bits per heavy atom. The van der Waals surface area contributed by atoms with Crippen LogP contribution in [0.4, 0.5) is 26.3 Å². The van der Waals surface area contributed by atoms with E-state index in [9.17, 15) is 26.0 Å². The molecule has 4 aromatic carbocycles. The SMILES string of the molecule is O=S(=O)(Cc1ccc(-c2cnccc2-c2ccc(F)c(F)c2)cc1F)Cc1ccc(-c2cnccc2-c2ccc(F)c(F)c2)cc1F. The van der Waals surface area contributed by atoms with E-state index in [4.69, 9.17) is 0 Å². The summed E-state index contributed by atoms with van der Waals surface area (Å²) in [5.41, 5.74) is 2.79. The maximum absolute atomic E-state index is 15.3. The van der Waals surface area contributed by atoms with Gasteiger partial charge in [0.1, 0.15) is 11.6 Å². The summed E-state index contributed by atoms with van der Waals surface area (Å²) in [6.07, 6.45) is 5.76. The molecule has 6 rings (SSSR count). The van der Waals surface area contributed by atoms with Crippen molar-refractivity contribution in [1.82, 2.24) is 9.97 Å². The van der Waals surface area contributed by atoms with E-state index in [1.807, 2.05) is 0 Å². The second-order valence-corrected chi connectivity index (χ2v) is 12.8. The Balaban J connectivity index is 1.23. The van der Waals surface area contributed by atoms with Gasteiger partial charge < -0.3 is 0 Å². The van der Waals surface area contributed by atoms with E-state index < -0.39 is 56.2 Å². The monoisotopic (exact) mass is 660 g/mol. The third-order valence-electron chi connectivity index (χ3n) is 7.58. The first kappa shape index (κ1) is 31.7. The van der Waals surface area contributed by atoms with Crippen LogP contribution in [-0.2, 0) is 21.3 Å². The van der Waals surface area contributed by atoms with E-state index in [-0.39, 0.29) is 11.1 Å². The van der Waals surface area contributed by atoms with Crippen molar-refractivity contribution in [1.29, 1.82) is 0 Å². The number of nitrogens with zero attached hydrogens (tertiary/aromatic N) is 2. The molecule has 0 atom stereocenters. The maximum Gasteiger partial charge on any atom is 0.159 e. The molecule has 0 fully saturated rings. The Labute approximate surface area is 266 Å². The molecule has 2 aromatic heterocycles. The zero-order chi connectivity index (χ0) is 33.3. The van der Waals surface area contributed by atoms with E-state index in [1.54, 1.807) is 12.1 Å². The lowest BCUT2D eigenvalue weighted by molar-refractivity contribution is 0.509. The highest BCUT2D eigenvalue weighted by molar-refractivity contribution is 7.89. The summed E-state index contributed by atoms with van der Waals surface area (Å²) in [6.45, 7) is 0. The Morgan fingerprint density at radius 3 is 1.17 bits per heavy atom. The van der Waals surface area contributed by atoms with Crippen LogP contribution in [0.5, 0.6) is 0 Å². The lowest BCUT2D eigenvalue weighted by Crippen LogP contribution is -2.10. The van der Waals surface area contributed by atoms with E-state index in [0.717, 1.165) is 36.4 Å². The molecule has 0 N–H and O–H groups in total. The van der Waals surface area contributed by atoms with Crippen LogP contribution in [0, 0.1) is 34.9 Å². The zero-order valence-electron chi connectivity index (χ0n) is 24.2. The molecule has 4 nitrogen and oxygen atoms in total. The predicted molar refractivity (Wildman–Crippen MR) is 166 cm³/mol. The van der Waals surface area contributed by atoms with Crippen molar-refractivity contribution in [3.05, 3.63) is 156 Å². The molecule has 0 saturated carbocycles. The van der Waals surface area contributed by atoms with Crippen molar-refractivity contribution >= 4 is 9.84 Å². The number of aromatic nitrogens is 2. The van der Waals surface area contributed by atoms with Gasteiger partial charge >= 0.3 is 0 Å². The molecule has 11 heteroatoms. The lowest BCUT2D eigenvalue weighted by atomic mass is 9.96. The largest absolute Gasteiger partial charge is 0.264 e. The zero-order valence-corrected chi connectivity index (χ0v) is 25.0. The fraction of sp³-hybridized carbons (Fsp3) is 0.0556. The summed E-state index contributed by atoms with van der Waals surface area (Å²) in [5.74, 6) is -7.22. The van der Waals surface area contributed by atoms with Crippen LogP contribution in [0.3, 0.4) is 0 Å². The molecule has 236 valence electrons. The molecular weight excluding hydrogens is 638 g/mol. The van der Waals surface area contributed by atoms with Gasteiger partial charge in [-0.15, -0.1) is 0 Å². The minimum Gasteiger partial charge on any atom is -0.264 e. The smallest absolute Gasteiger partial charge is 0.159 e. The summed E-state index contributed by atoms with van der Waals surface area (Å²) in [6, 6.07) is 17.7. The van der Waals surface area contributed by atoms with Crippen LogP contribution in [0.15, 0.2) is 110 Å². The number of rotatable bonds is 8. The van der Waals surface area contributed by atoms with Crippen LogP contribution in [-0.4, -0.2) is 18.4 Å². The van der Waals surface area contributed by atoms with E-state index in [1.165, 1.54) is 61.2 Å². The summed E-state index contributed by atoms with van der Waals surface area (Å²) in [7, 11) is -4.07. The Bertz CT molecular complexity index is 2110. The molecule has 0 aliphatic heterocycles. The molecule has 0 radical (unpaired) electrons. The molecular formula is C36H22F6N2O2S. The van der Waals surface area contributed by atoms with Crippen molar-refractivity contribution < 1.29 is 34.8 Å². The van der Waals surface area contributed by atoms with E-state index >= 15 is 8.78 Å². The third-order valence-corrected chi connectivity index (χ3v) is 9.08. The van der Waals surface area contributed by atoms with Crippen molar-refractivity contribution in [3.8, 4) is 44.5 Å². The number of sulfone groups is 1. The summed E-state index contributed by atoms with van der Waals surface area (Å²) >= 11 is 0. The second kappa shape index (κ2) is 12.8. The molecule has 0 aliphatic carbocycles. The number of hydrogen-bond acceptors (Lipinski definition) is 4. The fourth-order valence-corrected chi connectivity index (χ4v) is 6.79. The average Bonchev–Trinajstić information content (AvgIpc) is 3.05. The molecule has 0 saturated heterocycles. The number of halogens is 6. The van der Waals surface area contributed by atoms with Crippen molar-refractivity contribution in [2.45, 2.75) is 11.5 Å². The van der Waals surface area contributed by atoms with Gasteiger partial charge in [0.25, 0.3) is 0 Å². The Hall–Kier alpha value is -5.29. The van der Waals surface area contributed by atoms with Gasteiger partial charge in [-0.05, 0) is 81.9 Å². The van der Waals surface area contributed by atoms with Crippen LogP contribution in [0.25, 0.3) is 44.5 Å². The molecule has 47 heavy (non-hydrogen) atoms. The van der Waals surface area contributed by atoms with E-state index in [0.29, 0.717) is 44.5 Å². The lowest BCUT2D eigenvalue weighted by Gasteiger charge is -2.13. The molecule has 0 unspecified atom stereocenters. The molecule has 0 bridgehead atoms.